The normalized spacial score (nSPS) is 11.3. The molecule has 0 spiro atoms. The second-order valence-electron chi connectivity index (χ2n) is 4.73. The molecule has 0 N–H and O–H groups in total. The number of halogens is 2. The molecule has 2 aromatic heterocycles. The van der Waals surface area contributed by atoms with Gasteiger partial charge >= 0.3 is 5.97 Å². The van der Waals surface area contributed by atoms with Gasteiger partial charge in [0.05, 0.1) is 17.5 Å². The summed E-state index contributed by atoms with van der Waals surface area (Å²) in [6, 6.07) is 1.77. The molecule has 0 aliphatic carbocycles. The van der Waals surface area contributed by atoms with Crippen LogP contribution >= 0.6 is 11.3 Å². The van der Waals surface area contributed by atoms with Crippen molar-refractivity contribution in [3.05, 3.63) is 50.6 Å². The molecule has 114 valence electrons. The summed E-state index contributed by atoms with van der Waals surface area (Å²) >= 11 is 1.22. The summed E-state index contributed by atoms with van der Waals surface area (Å²) in [7, 11) is 0. The molecule has 4 nitrogen and oxygen atoms in total. The molecule has 3 rings (SSSR count). The molecule has 0 saturated heterocycles. The quantitative estimate of drug-likeness (QED) is 0.680. The molecule has 0 aliphatic rings. The molecular weight excluding hydrogens is 312 g/mol. The van der Waals surface area contributed by atoms with Crippen molar-refractivity contribution in [1.82, 2.24) is 4.40 Å². The molecule has 0 atom stereocenters. The molecule has 0 radical (unpaired) electrons. The van der Waals surface area contributed by atoms with E-state index in [9.17, 15) is 18.4 Å². The highest BCUT2D eigenvalue weighted by atomic mass is 32.1. The van der Waals surface area contributed by atoms with Crippen molar-refractivity contribution in [1.29, 1.82) is 0 Å². The zero-order valence-corrected chi connectivity index (χ0v) is 12.6. The summed E-state index contributed by atoms with van der Waals surface area (Å²) in [5, 5.41) is -0.0581. The number of hydrogen-bond donors (Lipinski definition) is 0. The Morgan fingerprint density at radius 2 is 2.00 bits per heavy atom. The third-order valence-corrected chi connectivity index (χ3v) is 4.27. The van der Waals surface area contributed by atoms with E-state index in [2.05, 4.69) is 0 Å². The van der Waals surface area contributed by atoms with E-state index in [4.69, 9.17) is 4.74 Å². The molecule has 0 fully saturated rings. The van der Waals surface area contributed by atoms with Crippen molar-refractivity contribution < 1.29 is 18.3 Å². The Morgan fingerprint density at radius 3 is 2.68 bits per heavy atom. The summed E-state index contributed by atoms with van der Waals surface area (Å²) in [5.74, 6) is -2.95. The number of carbonyl (C=O) groups excluding carboxylic acids is 1. The van der Waals surface area contributed by atoms with E-state index in [0.717, 1.165) is 17.0 Å². The van der Waals surface area contributed by atoms with Gasteiger partial charge < -0.3 is 9.14 Å². The molecule has 0 amide bonds. The van der Waals surface area contributed by atoms with Crippen molar-refractivity contribution in [2.24, 2.45) is 0 Å². The Morgan fingerprint density at radius 1 is 1.32 bits per heavy atom. The van der Waals surface area contributed by atoms with Crippen LogP contribution in [0, 0.1) is 18.6 Å². The van der Waals surface area contributed by atoms with Crippen LogP contribution in [0.4, 0.5) is 8.78 Å². The molecule has 2 heterocycles. The summed E-state index contributed by atoms with van der Waals surface area (Å²) in [4.78, 5) is 25.8. The molecule has 0 unspecified atom stereocenters. The maximum absolute atomic E-state index is 13.5. The van der Waals surface area contributed by atoms with E-state index >= 15 is 0 Å². The van der Waals surface area contributed by atoms with E-state index in [1.807, 2.05) is 0 Å². The lowest BCUT2D eigenvalue weighted by Gasteiger charge is -2.07. The second kappa shape index (κ2) is 5.17. The van der Waals surface area contributed by atoms with Crippen LogP contribution in [0.5, 0.6) is 0 Å². The van der Waals surface area contributed by atoms with Crippen molar-refractivity contribution in [3.63, 3.8) is 0 Å². The average Bonchev–Trinajstić information content (AvgIpc) is 2.83. The zero-order chi connectivity index (χ0) is 16.0. The minimum atomic E-state index is -1.13. The van der Waals surface area contributed by atoms with Gasteiger partial charge in [0.15, 0.2) is 11.6 Å². The summed E-state index contributed by atoms with van der Waals surface area (Å²) in [6.45, 7) is 3.54. The van der Waals surface area contributed by atoms with E-state index in [-0.39, 0.29) is 23.1 Å². The van der Waals surface area contributed by atoms with Crippen LogP contribution in [0.2, 0.25) is 0 Å². The first-order chi connectivity index (χ1) is 10.4. The number of carbonyl (C=O) groups is 1. The fourth-order valence-corrected chi connectivity index (χ4v) is 3.34. The van der Waals surface area contributed by atoms with Gasteiger partial charge in [-0.05, 0) is 19.9 Å². The molecular formula is C15H11F2NO3S. The molecule has 7 heteroatoms. The van der Waals surface area contributed by atoms with Crippen molar-refractivity contribution in [2.45, 2.75) is 13.8 Å². The van der Waals surface area contributed by atoms with Crippen LogP contribution in [0.3, 0.4) is 0 Å². The second-order valence-corrected chi connectivity index (χ2v) is 5.96. The van der Waals surface area contributed by atoms with Gasteiger partial charge in [-0.2, -0.15) is 0 Å². The van der Waals surface area contributed by atoms with Gasteiger partial charge in [0.25, 0.3) is 0 Å². The van der Waals surface area contributed by atoms with Crippen molar-refractivity contribution in [3.8, 4) is 0 Å². The van der Waals surface area contributed by atoms with E-state index < -0.39 is 23.0 Å². The van der Waals surface area contributed by atoms with E-state index in [1.165, 1.54) is 15.7 Å². The maximum Gasteiger partial charge on any atom is 0.345 e. The van der Waals surface area contributed by atoms with Crippen molar-refractivity contribution >= 4 is 33.0 Å². The lowest BCUT2D eigenvalue weighted by molar-refractivity contribution is 0.0527. The first kappa shape index (κ1) is 14.6. The predicted octanol–water partition coefficient (Wildman–Crippen LogP) is 3.28. The number of benzene rings is 1. The fourth-order valence-electron chi connectivity index (χ4n) is 2.35. The Hall–Kier alpha value is -2.28. The number of nitrogens with zero attached hydrogens (tertiary/aromatic N) is 1. The van der Waals surface area contributed by atoms with Crippen LogP contribution < -0.4 is 5.43 Å². The minimum absolute atomic E-state index is 0.0581. The Bertz CT molecular complexity index is 974. The average molecular weight is 323 g/mol. The van der Waals surface area contributed by atoms with E-state index in [1.54, 1.807) is 20.0 Å². The lowest BCUT2D eigenvalue weighted by Crippen LogP contribution is -2.19. The number of thiazole rings is 1. The number of hydrogen-bond acceptors (Lipinski definition) is 4. The monoisotopic (exact) mass is 323 g/mol. The lowest BCUT2D eigenvalue weighted by atomic mass is 10.1. The third-order valence-electron chi connectivity index (χ3n) is 3.25. The van der Waals surface area contributed by atoms with Crippen LogP contribution in [0.25, 0.3) is 15.7 Å². The van der Waals surface area contributed by atoms with Gasteiger partial charge in [0, 0.05) is 17.1 Å². The molecule has 1 aromatic carbocycles. The van der Waals surface area contributed by atoms with Crippen LogP contribution in [0.15, 0.2) is 23.1 Å². The van der Waals surface area contributed by atoms with Crippen LogP contribution in [-0.2, 0) is 4.74 Å². The number of aryl methyl sites for hydroxylation is 1. The number of rotatable bonds is 2. The Balaban J connectivity index is 2.53. The number of ether oxygens (including phenoxy) is 1. The zero-order valence-electron chi connectivity index (χ0n) is 11.8. The smallest absolute Gasteiger partial charge is 0.345 e. The standard InChI is InChI=1S/C15H11F2NO3S/c1-3-21-15(20)12-13(19)8-4-9(16)10(17)5-11(8)18-6-7(2)22-14(12)18/h4-6H,3H2,1-2H3. The van der Waals surface area contributed by atoms with Crippen LogP contribution in [-0.4, -0.2) is 17.0 Å². The third kappa shape index (κ3) is 2.09. The molecule has 0 saturated carbocycles. The van der Waals surface area contributed by atoms with Gasteiger partial charge in [-0.3, -0.25) is 4.79 Å². The largest absolute Gasteiger partial charge is 0.462 e. The Kier molecular flexibility index (Phi) is 3.44. The number of fused-ring (bicyclic) bond motifs is 3. The van der Waals surface area contributed by atoms with Gasteiger partial charge in [-0.15, -0.1) is 11.3 Å². The molecule has 22 heavy (non-hydrogen) atoms. The van der Waals surface area contributed by atoms with Gasteiger partial charge in [0.1, 0.15) is 10.4 Å². The highest BCUT2D eigenvalue weighted by molar-refractivity contribution is 7.17. The summed E-state index contributed by atoms with van der Waals surface area (Å²) in [6.07, 6.45) is 1.67. The van der Waals surface area contributed by atoms with E-state index in [0.29, 0.717) is 4.83 Å². The molecule has 0 aliphatic heterocycles. The molecule has 0 bridgehead atoms. The van der Waals surface area contributed by atoms with Crippen molar-refractivity contribution in [2.75, 3.05) is 6.61 Å². The van der Waals surface area contributed by atoms with Gasteiger partial charge in [-0.25, -0.2) is 13.6 Å². The highest BCUT2D eigenvalue weighted by Gasteiger charge is 2.22. The Labute approximate surface area is 127 Å². The number of pyridine rings is 1. The number of esters is 1. The van der Waals surface area contributed by atoms with Gasteiger partial charge in [-0.1, -0.05) is 0 Å². The summed E-state index contributed by atoms with van der Waals surface area (Å²) in [5.41, 5.74) is -0.594. The fraction of sp³-hybridized carbons (Fsp3) is 0.200. The number of aromatic nitrogens is 1. The molecule has 3 aromatic rings. The highest BCUT2D eigenvalue weighted by Crippen LogP contribution is 2.26. The van der Waals surface area contributed by atoms with Crippen LogP contribution in [0.1, 0.15) is 22.2 Å². The summed E-state index contributed by atoms with van der Waals surface area (Å²) < 4.78 is 33.4. The minimum Gasteiger partial charge on any atom is -0.462 e. The topological polar surface area (TPSA) is 47.8 Å². The predicted molar refractivity (Wildman–Crippen MR) is 79.7 cm³/mol. The first-order valence-electron chi connectivity index (χ1n) is 6.54. The maximum atomic E-state index is 13.5. The van der Waals surface area contributed by atoms with Gasteiger partial charge in [0.2, 0.25) is 5.43 Å². The SMILES string of the molecule is CCOC(=O)c1c(=O)c2cc(F)c(F)cc2n2cc(C)sc12. The first-order valence-corrected chi connectivity index (χ1v) is 7.36.